The van der Waals surface area contributed by atoms with Gasteiger partial charge in [-0.05, 0) is 87.2 Å². The molecule has 1 heterocycles. The molecule has 1 saturated heterocycles. The van der Waals surface area contributed by atoms with Crippen molar-refractivity contribution in [1.29, 1.82) is 0 Å². The summed E-state index contributed by atoms with van der Waals surface area (Å²) in [5, 5.41) is 0. The minimum absolute atomic E-state index is 0.0367. The van der Waals surface area contributed by atoms with Crippen molar-refractivity contribution in [1.82, 2.24) is 9.03 Å². The van der Waals surface area contributed by atoms with E-state index < -0.39 is 45.1 Å². The van der Waals surface area contributed by atoms with E-state index in [9.17, 15) is 31.2 Å². The minimum atomic E-state index is -5.06. The number of benzene rings is 1. The van der Waals surface area contributed by atoms with E-state index >= 15 is 4.39 Å². The average Bonchev–Trinajstić information content (AvgIpc) is 3.59. The maximum Gasteiger partial charge on any atom is 0.490 e. The summed E-state index contributed by atoms with van der Waals surface area (Å²) in [5.41, 5.74) is -1.46. The molecule has 1 N–H and O–H groups in total. The van der Waals surface area contributed by atoms with Gasteiger partial charge in [0, 0.05) is 24.6 Å². The van der Waals surface area contributed by atoms with Gasteiger partial charge in [-0.2, -0.15) is 25.9 Å². The van der Waals surface area contributed by atoms with Gasteiger partial charge in [-0.3, -0.25) is 4.79 Å². The lowest BCUT2D eigenvalue weighted by Gasteiger charge is -2.60. The van der Waals surface area contributed by atoms with Gasteiger partial charge in [0.1, 0.15) is 17.2 Å². The zero-order valence-corrected chi connectivity index (χ0v) is 22.0. The van der Waals surface area contributed by atoms with Crippen molar-refractivity contribution in [2.24, 2.45) is 17.3 Å². The first-order valence-corrected chi connectivity index (χ1v) is 14.8. The fraction of sp³-hybridized carbons (Fsp3) is 0.692. The van der Waals surface area contributed by atoms with Crippen LogP contribution in [0.4, 0.5) is 17.6 Å². The normalized spacial score (nSPS) is 32.0. The molecule has 39 heavy (non-hydrogen) atoms. The molecule has 5 saturated carbocycles. The van der Waals surface area contributed by atoms with Crippen LogP contribution in [0, 0.1) is 23.1 Å². The Balaban J connectivity index is 1.20. The molecule has 8 nitrogen and oxygen atoms in total. The summed E-state index contributed by atoms with van der Waals surface area (Å²) in [6, 6.07) is 2.44. The molecular formula is C26H30F4N2O6S. The van der Waals surface area contributed by atoms with Crippen LogP contribution in [-0.2, 0) is 19.7 Å². The number of rotatable bonds is 8. The summed E-state index contributed by atoms with van der Waals surface area (Å²) >= 11 is 0. The molecule has 1 amide bonds. The quantitative estimate of drug-likeness (QED) is 0.369. The van der Waals surface area contributed by atoms with Gasteiger partial charge in [-0.15, -0.1) is 0 Å². The molecular weight excluding hydrogens is 544 g/mol. The highest BCUT2D eigenvalue weighted by atomic mass is 32.2. The smallest absolute Gasteiger partial charge is 0.490 e. The molecule has 1 aromatic rings. The van der Waals surface area contributed by atoms with Crippen molar-refractivity contribution in [3.05, 3.63) is 29.1 Å². The highest BCUT2D eigenvalue weighted by Crippen LogP contribution is 2.63. The lowest BCUT2D eigenvalue weighted by Crippen LogP contribution is -2.59. The predicted molar refractivity (Wildman–Crippen MR) is 128 cm³/mol. The molecule has 2 atom stereocenters. The van der Waals surface area contributed by atoms with E-state index in [1.54, 1.807) is 0 Å². The summed E-state index contributed by atoms with van der Waals surface area (Å²) in [4.78, 5) is 24.4. The molecule has 7 rings (SSSR count). The Bertz CT molecular complexity index is 1290. The van der Waals surface area contributed by atoms with E-state index in [4.69, 9.17) is 9.47 Å². The molecule has 4 bridgehead atoms. The number of esters is 1. The highest BCUT2D eigenvalue weighted by Gasteiger charge is 2.61. The predicted octanol–water partition coefficient (Wildman–Crippen LogP) is 4.21. The SMILES string of the molecule is O=C(NS(=O)(=O)N1CCC1)c1cc(C2CC2)c(OCC23CC4CC(C2)CC(OC(=O)C(F)(F)F)(C4)C3)cc1F. The maximum absolute atomic E-state index is 15.1. The van der Waals surface area contributed by atoms with Gasteiger partial charge in [-0.1, -0.05) is 0 Å². The number of nitrogens with zero attached hydrogens (tertiary/aromatic N) is 1. The molecule has 5 aliphatic carbocycles. The number of halogens is 4. The topological polar surface area (TPSA) is 102 Å². The van der Waals surface area contributed by atoms with Crippen molar-refractivity contribution < 1.29 is 45.0 Å². The Hall–Kier alpha value is -2.41. The van der Waals surface area contributed by atoms with E-state index in [1.807, 2.05) is 4.72 Å². The second-order valence-electron chi connectivity index (χ2n) is 12.2. The minimum Gasteiger partial charge on any atom is -0.493 e. The number of ether oxygens (including phenoxy) is 2. The van der Waals surface area contributed by atoms with Crippen LogP contribution >= 0.6 is 0 Å². The average molecular weight is 575 g/mol. The zero-order valence-electron chi connectivity index (χ0n) is 21.2. The first kappa shape index (κ1) is 26.8. The molecule has 0 radical (unpaired) electrons. The summed E-state index contributed by atoms with van der Waals surface area (Å²) in [6.07, 6.45) is 0.628. The number of hydrogen-bond acceptors (Lipinski definition) is 6. The van der Waals surface area contributed by atoms with E-state index in [0.29, 0.717) is 37.9 Å². The van der Waals surface area contributed by atoms with Crippen molar-refractivity contribution in [3.8, 4) is 5.75 Å². The third-order valence-electron chi connectivity index (χ3n) is 8.94. The van der Waals surface area contributed by atoms with E-state index in [2.05, 4.69) is 0 Å². The van der Waals surface area contributed by atoms with Crippen molar-refractivity contribution in [2.75, 3.05) is 19.7 Å². The number of hydrogen-bond donors (Lipinski definition) is 1. The Kier molecular flexibility index (Phi) is 6.22. The number of carbonyl (C=O) groups is 2. The molecule has 214 valence electrons. The molecule has 1 aromatic carbocycles. The van der Waals surface area contributed by atoms with Gasteiger partial charge in [0.2, 0.25) is 0 Å². The van der Waals surface area contributed by atoms with Crippen LogP contribution in [0.5, 0.6) is 5.75 Å². The largest absolute Gasteiger partial charge is 0.493 e. The Morgan fingerprint density at radius 3 is 2.31 bits per heavy atom. The third kappa shape index (κ3) is 5.12. The van der Waals surface area contributed by atoms with Crippen LogP contribution < -0.4 is 9.46 Å². The van der Waals surface area contributed by atoms with Crippen LogP contribution in [0.25, 0.3) is 0 Å². The summed E-state index contributed by atoms with van der Waals surface area (Å²) < 4.78 is 93.1. The van der Waals surface area contributed by atoms with E-state index in [-0.39, 0.29) is 42.1 Å². The fourth-order valence-corrected chi connectivity index (χ4v) is 8.70. The van der Waals surface area contributed by atoms with Crippen LogP contribution in [0.2, 0.25) is 0 Å². The number of alkyl halides is 3. The summed E-state index contributed by atoms with van der Waals surface area (Å²) in [6.45, 7) is 0.718. The Morgan fingerprint density at radius 1 is 1.08 bits per heavy atom. The van der Waals surface area contributed by atoms with Gasteiger partial charge in [-0.25, -0.2) is 13.9 Å². The van der Waals surface area contributed by atoms with Crippen LogP contribution in [0.1, 0.15) is 79.6 Å². The molecule has 0 spiro atoms. The van der Waals surface area contributed by atoms with Crippen molar-refractivity contribution in [2.45, 2.75) is 75.5 Å². The molecule has 13 heteroatoms. The fourth-order valence-electron chi connectivity index (χ4n) is 7.49. The molecule has 6 fully saturated rings. The lowest BCUT2D eigenvalue weighted by molar-refractivity contribution is -0.240. The van der Waals surface area contributed by atoms with Crippen LogP contribution in [0.3, 0.4) is 0 Å². The van der Waals surface area contributed by atoms with Crippen LogP contribution in [0.15, 0.2) is 12.1 Å². The third-order valence-corrected chi connectivity index (χ3v) is 10.4. The monoisotopic (exact) mass is 574 g/mol. The van der Waals surface area contributed by atoms with Gasteiger partial charge >= 0.3 is 22.4 Å². The summed E-state index contributed by atoms with van der Waals surface area (Å²) in [5.74, 6) is -3.62. The van der Waals surface area contributed by atoms with Gasteiger partial charge < -0.3 is 9.47 Å². The van der Waals surface area contributed by atoms with Crippen LogP contribution in [-0.4, -0.2) is 56.1 Å². The molecule has 6 aliphatic rings. The summed E-state index contributed by atoms with van der Waals surface area (Å²) in [7, 11) is -4.05. The first-order chi connectivity index (χ1) is 18.3. The van der Waals surface area contributed by atoms with Gasteiger partial charge in [0.25, 0.3) is 5.91 Å². The molecule has 2 unspecified atom stereocenters. The lowest BCUT2D eigenvalue weighted by atomic mass is 9.48. The number of nitrogens with one attached hydrogen (secondary N) is 1. The van der Waals surface area contributed by atoms with E-state index in [0.717, 1.165) is 42.5 Å². The second-order valence-corrected chi connectivity index (χ2v) is 13.8. The van der Waals surface area contributed by atoms with Gasteiger partial charge in [0.15, 0.2) is 0 Å². The standard InChI is InChI=1S/C26H30F4N2O6S/c27-20-8-21(18(17-2-3-17)7-19(20)22(33)31-39(35,36)32-4-1-5-32)37-14-24-9-15-6-16(10-24)12-25(11-15,13-24)38-23(34)26(28,29)30/h7-8,15-17H,1-6,9-14H2,(H,31,33). The number of carbonyl (C=O) groups excluding carboxylic acids is 2. The second kappa shape index (κ2) is 9.05. The van der Waals surface area contributed by atoms with Crippen molar-refractivity contribution >= 4 is 22.1 Å². The molecule has 1 aliphatic heterocycles. The van der Waals surface area contributed by atoms with Gasteiger partial charge in [0.05, 0.1) is 12.2 Å². The van der Waals surface area contributed by atoms with E-state index in [1.165, 1.54) is 6.07 Å². The highest BCUT2D eigenvalue weighted by molar-refractivity contribution is 7.87. The number of amides is 1. The zero-order chi connectivity index (χ0) is 27.8. The Morgan fingerprint density at radius 2 is 1.74 bits per heavy atom. The van der Waals surface area contributed by atoms with Crippen molar-refractivity contribution in [3.63, 3.8) is 0 Å². The first-order valence-electron chi connectivity index (χ1n) is 13.4. The molecule has 0 aromatic heterocycles. The Labute approximate surface area is 223 Å². The maximum atomic E-state index is 15.1.